The van der Waals surface area contributed by atoms with Crippen molar-refractivity contribution in [3.05, 3.63) is 46.7 Å². The summed E-state index contributed by atoms with van der Waals surface area (Å²) in [6.45, 7) is 3.52. The van der Waals surface area contributed by atoms with Crippen LogP contribution in [0.25, 0.3) is 0 Å². The normalized spacial score (nSPS) is 10.1. The zero-order valence-electron chi connectivity index (χ0n) is 10.0. The lowest BCUT2D eigenvalue weighted by molar-refractivity contribution is 0.659. The van der Waals surface area contributed by atoms with Crippen LogP contribution in [0, 0.1) is 11.3 Å². The number of hydrogen-bond donors (Lipinski definition) is 1. The molecule has 92 valence electrons. The monoisotopic (exact) mass is 260 g/mol. The smallest absolute Gasteiger partial charge is 0.0992 e. The zero-order valence-corrected chi connectivity index (χ0v) is 10.8. The zero-order chi connectivity index (χ0) is 13.0. The molecule has 0 bridgehead atoms. The fraction of sp³-hybridized carbons (Fsp3) is 0.231. The molecule has 0 unspecified atom stereocenters. The molecule has 1 heterocycles. The molecular weight excluding hydrogens is 248 g/mol. The van der Waals surface area contributed by atoms with Gasteiger partial charge in [-0.05, 0) is 25.1 Å². The van der Waals surface area contributed by atoms with Crippen LogP contribution in [0.2, 0.25) is 5.02 Å². The average Bonchev–Trinajstić information content (AvgIpc) is 2.86. The number of nitrogens with zero attached hydrogens (tertiary/aromatic N) is 3. The van der Waals surface area contributed by atoms with Gasteiger partial charge in [-0.1, -0.05) is 11.6 Å². The van der Waals surface area contributed by atoms with Crippen molar-refractivity contribution >= 4 is 17.3 Å². The Labute approximate surface area is 111 Å². The van der Waals surface area contributed by atoms with E-state index in [1.807, 2.05) is 24.0 Å². The molecule has 0 radical (unpaired) electrons. The van der Waals surface area contributed by atoms with Gasteiger partial charge in [-0.2, -0.15) is 10.4 Å². The number of halogens is 1. The van der Waals surface area contributed by atoms with Crippen molar-refractivity contribution in [1.82, 2.24) is 9.78 Å². The van der Waals surface area contributed by atoms with Gasteiger partial charge in [0.15, 0.2) is 0 Å². The van der Waals surface area contributed by atoms with Crippen LogP contribution in [0.4, 0.5) is 5.69 Å². The molecule has 2 rings (SSSR count). The Morgan fingerprint density at radius 2 is 2.33 bits per heavy atom. The van der Waals surface area contributed by atoms with Crippen LogP contribution in [0.15, 0.2) is 30.6 Å². The summed E-state index contributed by atoms with van der Waals surface area (Å²) < 4.78 is 1.87. The lowest BCUT2D eigenvalue weighted by atomic mass is 10.2. The quantitative estimate of drug-likeness (QED) is 0.919. The molecule has 0 amide bonds. The molecule has 0 aliphatic carbocycles. The summed E-state index contributed by atoms with van der Waals surface area (Å²) in [5.74, 6) is 0. The topological polar surface area (TPSA) is 53.6 Å². The summed E-state index contributed by atoms with van der Waals surface area (Å²) in [5, 5.41) is 16.8. The summed E-state index contributed by atoms with van der Waals surface area (Å²) in [4.78, 5) is 0. The first-order valence-corrected chi connectivity index (χ1v) is 6.05. The summed E-state index contributed by atoms with van der Waals surface area (Å²) in [6, 6.07) is 7.25. The Kier molecular flexibility index (Phi) is 3.85. The molecule has 0 spiro atoms. The van der Waals surface area contributed by atoms with Gasteiger partial charge in [-0.25, -0.2) is 0 Å². The molecule has 0 fully saturated rings. The number of benzene rings is 1. The third kappa shape index (κ3) is 2.82. The van der Waals surface area contributed by atoms with Gasteiger partial charge in [-0.3, -0.25) is 4.68 Å². The van der Waals surface area contributed by atoms with Crippen molar-refractivity contribution in [2.24, 2.45) is 0 Å². The van der Waals surface area contributed by atoms with Crippen LogP contribution in [-0.4, -0.2) is 9.78 Å². The molecule has 0 saturated heterocycles. The largest absolute Gasteiger partial charge is 0.380 e. The van der Waals surface area contributed by atoms with E-state index in [2.05, 4.69) is 16.5 Å². The molecule has 0 aliphatic rings. The molecule has 1 N–H and O–H groups in total. The number of aryl methyl sites for hydroxylation is 1. The number of anilines is 1. The second-order valence-corrected chi connectivity index (χ2v) is 4.27. The maximum absolute atomic E-state index is 8.84. The highest BCUT2D eigenvalue weighted by Crippen LogP contribution is 2.23. The summed E-state index contributed by atoms with van der Waals surface area (Å²) in [6.07, 6.45) is 3.80. The van der Waals surface area contributed by atoms with E-state index >= 15 is 0 Å². The van der Waals surface area contributed by atoms with Crippen molar-refractivity contribution in [2.75, 3.05) is 5.32 Å². The van der Waals surface area contributed by atoms with Crippen LogP contribution >= 0.6 is 11.6 Å². The molecule has 18 heavy (non-hydrogen) atoms. The fourth-order valence-electron chi connectivity index (χ4n) is 1.60. The summed E-state index contributed by atoms with van der Waals surface area (Å²) >= 11 is 6.06. The number of nitriles is 1. The van der Waals surface area contributed by atoms with Crippen LogP contribution in [-0.2, 0) is 13.1 Å². The van der Waals surface area contributed by atoms with Gasteiger partial charge in [0.05, 0.1) is 28.5 Å². The Morgan fingerprint density at radius 3 is 3.00 bits per heavy atom. The SMILES string of the molecule is CCn1cc(CNc2cc(C#N)ccc2Cl)cn1. The van der Waals surface area contributed by atoms with Crippen LogP contribution in [0.1, 0.15) is 18.1 Å². The minimum atomic E-state index is 0.589. The van der Waals surface area contributed by atoms with Crippen molar-refractivity contribution in [3.8, 4) is 6.07 Å². The van der Waals surface area contributed by atoms with E-state index in [0.717, 1.165) is 17.8 Å². The van der Waals surface area contributed by atoms with Crippen LogP contribution in [0.5, 0.6) is 0 Å². The van der Waals surface area contributed by atoms with Crippen molar-refractivity contribution < 1.29 is 0 Å². The Balaban J connectivity index is 2.08. The molecular formula is C13H13ClN4. The lowest BCUT2D eigenvalue weighted by Gasteiger charge is -2.07. The Hall–Kier alpha value is -1.99. The van der Waals surface area contributed by atoms with Gasteiger partial charge in [0.25, 0.3) is 0 Å². The van der Waals surface area contributed by atoms with Crippen molar-refractivity contribution in [1.29, 1.82) is 5.26 Å². The summed E-state index contributed by atoms with van der Waals surface area (Å²) in [5.41, 5.74) is 2.43. The number of nitrogens with one attached hydrogen (secondary N) is 1. The molecule has 2 aromatic rings. The standard InChI is InChI=1S/C13H13ClN4/c1-2-18-9-11(8-17-18)7-16-13-5-10(6-15)3-4-12(13)14/h3-5,8-9,16H,2,7H2,1H3. The van der Waals surface area contributed by atoms with E-state index in [9.17, 15) is 0 Å². The first kappa shape index (κ1) is 12.5. The second-order valence-electron chi connectivity index (χ2n) is 3.86. The van der Waals surface area contributed by atoms with Gasteiger partial charge < -0.3 is 5.32 Å². The molecule has 1 aromatic heterocycles. The third-order valence-electron chi connectivity index (χ3n) is 2.59. The first-order chi connectivity index (χ1) is 8.72. The average molecular weight is 261 g/mol. The minimum Gasteiger partial charge on any atom is -0.380 e. The van der Waals surface area contributed by atoms with Crippen molar-refractivity contribution in [2.45, 2.75) is 20.0 Å². The molecule has 0 saturated carbocycles. The first-order valence-electron chi connectivity index (χ1n) is 5.67. The van der Waals surface area contributed by atoms with Crippen LogP contribution in [0.3, 0.4) is 0 Å². The van der Waals surface area contributed by atoms with E-state index in [1.165, 1.54) is 0 Å². The minimum absolute atomic E-state index is 0.589. The van der Waals surface area contributed by atoms with E-state index in [-0.39, 0.29) is 0 Å². The number of rotatable bonds is 4. The summed E-state index contributed by atoms with van der Waals surface area (Å²) in [7, 11) is 0. The van der Waals surface area contributed by atoms with Gasteiger partial charge in [0.1, 0.15) is 0 Å². The van der Waals surface area contributed by atoms with E-state index < -0.39 is 0 Å². The molecule has 5 heteroatoms. The maximum Gasteiger partial charge on any atom is 0.0992 e. The molecule has 0 aliphatic heterocycles. The Bertz CT molecular complexity index is 583. The van der Waals surface area contributed by atoms with E-state index in [0.29, 0.717) is 17.1 Å². The van der Waals surface area contributed by atoms with Gasteiger partial charge in [0, 0.05) is 24.8 Å². The number of aromatic nitrogens is 2. The predicted molar refractivity (Wildman–Crippen MR) is 71.4 cm³/mol. The molecule has 0 atom stereocenters. The second kappa shape index (κ2) is 5.56. The number of hydrogen-bond acceptors (Lipinski definition) is 3. The molecule has 1 aromatic carbocycles. The predicted octanol–water partition coefficient (Wildman–Crippen LogP) is 3.04. The highest BCUT2D eigenvalue weighted by atomic mass is 35.5. The lowest BCUT2D eigenvalue weighted by Crippen LogP contribution is -1.99. The highest BCUT2D eigenvalue weighted by molar-refractivity contribution is 6.33. The maximum atomic E-state index is 8.84. The fourth-order valence-corrected chi connectivity index (χ4v) is 1.78. The van der Waals surface area contributed by atoms with Gasteiger partial charge in [-0.15, -0.1) is 0 Å². The van der Waals surface area contributed by atoms with Crippen molar-refractivity contribution in [3.63, 3.8) is 0 Å². The van der Waals surface area contributed by atoms with Crippen LogP contribution < -0.4 is 5.32 Å². The van der Waals surface area contributed by atoms with E-state index in [4.69, 9.17) is 16.9 Å². The Morgan fingerprint density at radius 1 is 1.50 bits per heavy atom. The third-order valence-corrected chi connectivity index (χ3v) is 2.92. The van der Waals surface area contributed by atoms with Gasteiger partial charge in [0.2, 0.25) is 0 Å². The molecule has 4 nitrogen and oxygen atoms in total. The van der Waals surface area contributed by atoms with E-state index in [1.54, 1.807) is 18.2 Å². The highest BCUT2D eigenvalue weighted by Gasteiger charge is 2.03. The van der Waals surface area contributed by atoms with Gasteiger partial charge >= 0.3 is 0 Å².